The number of hydrogen-bond donors (Lipinski definition) is 4. The SMILES string of the molecule is CNCC(O)COc1cccc(-c2nc(N[C@@H]3CCOC3)c(C)c(N3CCC[C@@H](O)C3)n2)c1. The van der Waals surface area contributed by atoms with Crippen LogP contribution in [-0.4, -0.2) is 84.9 Å². The van der Waals surface area contributed by atoms with Crippen molar-refractivity contribution in [3.8, 4) is 17.1 Å². The van der Waals surface area contributed by atoms with Gasteiger partial charge in [0.05, 0.1) is 18.8 Å². The molecule has 1 unspecified atom stereocenters. The molecule has 9 heteroatoms. The molecular weight excluding hydrogens is 422 g/mol. The lowest BCUT2D eigenvalue weighted by Gasteiger charge is -2.32. The maximum atomic E-state index is 10.2. The number of aliphatic hydroxyl groups is 2. The standard InChI is InChI=1S/C24H35N5O4/c1-16-22(26-18-8-10-32-14-18)27-23(28-24(16)29-9-4-6-19(30)13-29)17-5-3-7-21(11-17)33-15-20(31)12-25-2/h3,5,7,11,18-20,25,30-31H,4,6,8-10,12-15H2,1-2H3,(H,26,27,28)/t18-,19-,20?/m1/s1. The van der Waals surface area contributed by atoms with Crippen LogP contribution in [0.1, 0.15) is 24.8 Å². The second kappa shape index (κ2) is 11.1. The van der Waals surface area contributed by atoms with Crippen molar-refractivity contribution < 1.29 is 19.7 Å². The zero-order chi connectivity index (χ0) is 23.2. The molecule has 1 aromatic carbocycles. The fourth-order valence-electron chi connectivity index (χ4n) is 4.28. The van der Waals surface area contributed by atoms with E-state index >= 15 is 0 Å². The number of benzene rings is 1. The molecule has 9 nitrogen and oxygen atoms in total. The van der Waals surface area contributed by atoms with Gasteiger partial charge in [0.2, 0.25) is 0 Å². The average molecular weight is 458 g/mol. The van der Waals surface area contributed by atoms with E-state index in [4.69, 9.17) is 19.4 Å². The monoisotopic (exact) mass is 457 g/mol. The molecule has 180 valence electrons. The molecule has 0 aliphatic carbocycles. The normalized spacial score (nSPS) is 21.8. The van der Waals surface area contributed by atoms with Crippen molar-refractivity contribution in [1.29, 1.82) is 0 Å². The van der Waals surface area contributed by atoms with Gasteiger partial charge in [-0.05, 0) is 45.4 Å². The number of likely N-dealkylation sites (N-methyl/N-ethyl adjacent to an activating group) is 1. The molecule has 0 saturated carbocycles. The van der Waals surface area contributed by atoms with Gasteiger partial charge in [0.25, 0.3) is 0 Å². The van der Waals surface area contributed by atoms with Gasteiger partial charge >= 0.3 is 0 Å². The highest BCUT2D eigenvalue weighted by molar-refractivity contribution is 5.67. The lowest BCUT2D eigenvalue weighted by Crippen LogP contribution is -2.39. The van der Waals surface area contributed by atoms with Gasteiger partial charge in [0.15, 0.2) is 5.82 Å². The number of piperidine rings is 1. The number of ether oxygens (including phenoxy) is 2. The first kappa shape index (κ1) is 23.7. The minimum absolute atomic E-state index is 0.199. The van der Waals surface area contributed by atoms with Crippen LogP contribution in [0.4, 0.5) is 11.6 Å². The summed E-state index contributed by atoms with van der Waals surface area (Å²) in [6, 6.07) is 7.84. The maximum absolute atomic E-state index is 10.2. The summed E-state index contributed by atoms with van der Waals surface area (Å²) in [6.07, 6.45) is 1.75. The molecule has 2 fully saturated rings. The van der Waals surface area contributed by atoms with Gasteiger partial charge in [-0.25, -0.2) is 9.97 Å². The Labute approximate surface area is 195 Å². The summed E-state index contributed by atoms with van der Waals surface area (Å²) in [7, 11) is 1.79. The summed E-state index contributed by atoms with van der Waals surface area (Å²) in [5, 5.41) is 26.7. The molecule has 3 heterocycles. The molecule has 33 heavy (non-hydrogen) atoms. The van der Waals surface area contributed by atoms with Crippen molar-refractivity contribution in [2.45, 2.75) is 44.4 Å². The Morgan fingerprint density at radius 2 is 2.18 bits per heavy atom. The van der Waals surface area contributed by atoms with Gasteiger partial charge in [-0.2, -0.15) is 0 Å². The molecule has 0 radical (unpaired) electrons. The van der Waals surface area contributed by atoms with Crippen molar-refractivity contribution >= 4 is 11.6 Å². The molecule has 2 aliphatic heterocycles. The Kier molecular flexibility index (Phi) is 7.97. The molecule has 2 saturated heterocycles. The number of anilines is 2. The lowest BCUT2D eigenvalue weighted by molar-refractivity contribution is 0.108. The van der Waals surface area contributed by atoms with Crippen LogP contribution in [0.5, 0.6) is 5.75 Å². The highest BCUT2D eigenvalue weighted by atomic mass is 16.5. The van der Waals surface area contributed by atoms with Gasteiger partial charge in [-0.1, -0.05) is 12.1 Å². The fourth-order valence-corrected chi connectivity index (χ4v) is 4.28. The van der Waals surface area contributed by atoms with Crippen molar-refractivity contribution in [3.05, 3.63) is 29.8 Å². The minimum atomic E-state index is -0.587. The summed E-state index contributed by atoms with van der Waals surface area (Å²) in [5.41, 5.74) is 1.81. The highest BCUT2D eigenvalue weighted by Gasteiger charge is 2.25. The first-order valence-corrected chi connectivity index (χ1v) is 11.8. The Morgan fingerprint density at radius 1 is 1.30 bits per heavy atom. The first-order valence-electron chi connectivity index (χ1n) is 11.8. The topological polar surface area (TPSA) is 112 Å². The molecule has 0 bridgehead atoms. The number of rotatable bonds is 9. The van der Waals surface area contributed by atoms with E-state index in [2.05, 4.69) is 15.5 Å². The second-order valence-electron chi connectivity index (χ2n) is 8.84. The number of aliphatic hydroxyl groups excluding tert-OH is 2. The van der Waals surface area contributed by atoms with Crippen molar-refractivity contribution in [2.24, 2.45) is 0 Å². The number of nitrogens with one attached hydrogen (secondary N) is 2. The van der Waals surface area contributed by atoms with E-state index in [1.165, 1.54) is 0 Å². The van der Waals surface area contributed by atoms with Gasteiger partial charge in [-0.3, -0.25) is 0 Å². The van der Waals surface area contributed by atoms with Gasteiger partial charge in [0.1, 0.15) is 30.1 Å². The zero-order valence-corrected chi connectivity index (χ0v) is 19.5. The van der Waals surface area contributed by atoms with E-state index < -0.39 is 6.10 Å². The summed E-state index contributed by atoms with van der Waals surface area (Å²) in [4.78, 5) is 11.9. The summed E-state index contributed by atoms with van der Waals surface area (Å²) in [5.74, 6) is 2.89. The first-order chi connectivity index (χ1) is 16.0. The number of β-amino-alcohol motifs (C(OH)–C–C–N with tert-alkyl or cyclic N) is 1. The fraction of sp³-hybridized carbons (Fsp3) is 0.583. The van der Waals surface area contributed by atoms with E-state index in [1.54, 1.807) is 7.05 Å². The molecular formula is C24H35N5O4. The number of nitrogens with zero attached hydrogens (tertiary/aromatic N) is 3. The minimum Gasteiger partial charge on any atom is -0.491 e. The van der Waals surface area contributed by atoms with Crippen LogP contribution in [-0.2, 0) is 4.74 Å². The smallest absolute Gasteiger partial charge is 0.164 e. The number of aromatic nitrogens is 2. The summed E-state index contributed by atoms with van der Waals surface area (Å²) < 4.78 is 11.3. The van der Waals surface area contributed by atoms with Gasteiger partial charge in [0, 0.05) is 37.4 Å². The zero-order valence-electron chi connectivity index (χ0n) is 19.5. The van der Waals surface area contributed by atoms with Crippen LogP contribution in [0.25, 0.3) is 11.4 Å². The molecule has 3 atom stereocenters. The van der Waals surface area contributed by atoms with Crippen LogP contribution < -0.4 is 20.3 Å². The van der Waals surface area contributed by atoms with Gasteiger partial charge < -0.3 is 35.2 Å². The molecule has 2 aromatic rings. The predicted octanol–water partition coefficient (Wildman–Crippen LogP) is 1.57. The van der Waals surface area contributed by atoms with E-state index in [1.807, 2.05) is 31.2 Å². The van der Waals surface area contributed by atoms with E-state index in [0.717, 1.165) is 55.2 Å². The van der Waals surface area contributed by atoms with Crippen LogP contribution in [0.3, 0.4) is 0 Å². The third-order valence-electron chi connectivity index (χ3n) is 6.06. The maximum Gasteiger partial charge on any atom is 0.164 e. The Balaban J connectivity index is 1.64. The van der Waals surface area contributed by atoms with E-state index in [0.29, 0.717) is 31.3 Å². The molecule has 0 spiro atoms. The van der Waals surface area contributed by atoms with Crippen LogP contribution in [0, 0.1) is 6.92 Å². The molecule has 1 aromatic heterocycles. The Morgan fingerprint density at radius 3 is 2.94 bits per heavy atom. The third kappa shape index (κ3) is 6.11. The van der Waals surface area contributed by atoms with Gasteiger partial charge in [-0.15, -0.1) is 0 Å². The molecule has 4 N–H and O–H groups in total. The van der Waals surface area contributed by atoms with Crippen molar-refractivity contribution in [1.82, 2.24) is 15.3 Å². The Bertz CT molecular complexity index is 922. The largest absolute Gasteiger partial charge is 0.491 e. The van der Waals surface area contributed by atoms with E-state index in [9.17, 15) is 10.2 Å². The quantitative estimate of drug-likeness (QED) is 0.446. The van der Waals surface area contributed by atoms with Crippen LogP contribution in [0.2, 0.25) is 0 Å². The van der Waals surface area contributed by atoms with E-state index in [-0.39, 0.29) is 18.8 Å². The Hall–Kier alpha value is -2.46. The average Bonchev–Trinajstić information content (AvgIpc) is 3.32. The van der Waals surface area contributed by atoms with Crippen molar-refractivity contribution in [2.75, 3.05) is 56.7 Å². The molecule has 4 rings (SSSR count). The lowest BCUT2D eigenvalue weighted by atomic mass is 10.1. The van der Waals surface area contributed by atoms with Crippen molar-refractivity contribution in [3.63, 3.8) is 0 Å². The summed E-state index contributed by atoms with van der Waals surface area (Å²) >= 11 is 0. The molecule has 0 amide bonds. The number of hydrogen-bond acceptors (Lipinski definition) is 9. The van der Waals surface area contributed by atoms with Crippen LogP contribution in [0.15, 0.2) is 24.3 Å². The second-order valence-corrected chi connectivity index (χ2v) is 8.84. The van der Waals surface area contributed by atoms with Crippen LogP contribution >= 0.6 is 0 Å². The molecule has 2 aliphatic rings. The summed E-state index contributed by atoms with van der Waals surface area (Å²) in [6.45, 7) is 5.52. The highest BCUT2D eigenvalue weighted by Crippen LogP contribution is 2.31. The predicted molar refractivity (Wildman–Crippen MR) is 128 cm³/mol. The third-order valence-corrected chi connectivity index (χ3v) is 6.06.